The summed E-state index contributed by atoms with van der Waals surface area (Å²) in [6.45, 7) is 2.20. The molecule has 1 aliphatic rings. The molecule has 3 aromatic rings. The number of hydrogen-bond donors (Lipinski definition) is 2. The molecule has 4 rings (SSSR count). The second-order valence-electron chi connectivity index (χ2n) is 8.67. The van der Waals surface area contributed by atoms with Crippen LogP contribution in [-0.4, -0.2) is 35.4 Å². The summed E-state index contributed by atoms with van der Waals surface area (Å²) in [4.78, 5) is 6.12. The van der Waals surface area contributed by atoms with Gasteiger partial charge in [0.05, 0.1) is 11.3 Å². The molecule has 0 atom stereocenters. The van der Waals surface area contributed by atoms with Crippen molar-refractivity contribution in [2.75, 3.05) is 24.5 Å². The quantitative estimate of drug-likeness (QED) is 0.463. The topological polar surface area (TPSA) is 62.4 Å². The second-order valence-corrected chi connectivity index (χ2v) is 8.67. The average molecular weight is 477 g/mol. The number of nitrogens with two attached hydrogens (primary N) is 1. The van der Waals surface area contributed by atoms with Gasteiger partial charge in [-0.1, -0.05) is 6.07 Å². The molecule has 34 heavy (non-hydrogen) atoms. The Morgan fingerprint density at radius 1 is 1.03 bits per heavy atom. The number of benzene rings is 2. The molecule has 9 heteroatoms. The molecule has 0 amide bonds. The number of pyridine rings is 1. The molecule has 1 aromatic heterocycles. The smallest absolute Gasteiger partial charge is 0.416 e. The minimum atomic E-state index is -4.61. The number of aryl methyl sites for hydroxylation is 1. The molecule has 1 fully saturated rings. The van der Waals surface area contributed by atoms with E-state index in [-0.39, 0.29) is 38.0 Å². The third-order valence-corrected chi connectivity index (χ3v) is 6.23. The SMILES string of the molecule is Cc1cc(F)cc(-c2cncc(-c3ccc(C(F)(F)F)cc3O)c2N2CCC(F)(CN)CC2)c1. The first kappa shape index (κ1) is 23.9. The van der Waals surface area contributed by atoms with Crippen LogP contribution in [0.5, 0.6) is 5.75 Å². The summed E-state index contributed by atoms with van der Waals surface area (Å²) in [5.74, 6) is -1.02. The Hall–Kier alpha value is -3.20. The Kier molecular flexibility index (Phi) is 6.24. The van der Waals surface area contributed by atoms with Crippen LogP contribution in [0.2, 0.25) is 0 Å². The van der Waals surface area contributed by atoms with E-state index < -0.39 is 29.0 Å². The number of nitrogens with zero attached hydrogens (tertiary/aromatic N) is 2. The van der Waals surface area contributed by atoms with Crippen molar-refractivity contribution in [3.05, 3.63) is 65.7 Å². The fraction of sp³-hybridized carbons (Fsp3) is 0.320. The minimum absolute atomic E-state index is 0.111. The van der Waals surface area contributed by atoms with Gasteiger partial charge in [-0.2, -0.15) is 13.2 Å². The molecule has 3 N–H and O–H groups in total. The van der Waals surface area contributed by atoms with Crippen molar-refractivity contribution in [1.29, 1.82) is 0 Å². The highest BCUT2D eigenvalue weighted by atomic mass is 19.4. The molecular weight excluding hydrogens is 453 g/mol. The average Bonchev–Trinajstić information content (AvgIpc) is 2.78. The van der Waals surface area contributed by atoms with Gasteiger partial charge in [-0.15, -0.1) is 0 Å². The van der Waals surface area contributed by atoms with Gasteiger partial charge in [-0.3, -0.25) is 4.98 Å². The Morgan fingerprint density at radius 3 is 2.29 bits per heavy atom. The first-order valence-corrected chi connectivity index (χ1v) is 10.8. The van der Waals surface area contributed by atoms with Crippen molar-refractivity contribution in [2.24, 2.45) is 5.73 Å². The van der Waals surface area contributed by atoms with E-state index in [1.807, 2.05) is 4.90 Å². The van der Waals surface area contributed by atoms with Crippen LogP contribution in [0, 0.1) is 12.7 Å². The number of halogens is 5. The lowest BCUT2D eigenvalue weighted by atomic mass is 9.90. The van der Waals surface area contributed by atoms with Crippen molar-refractivity contribution < 1.29 is 27.1 Å². The van der Waals surface area contributed by atoms with Crippen LogP contribution in [0.1, 0.15) is 24.0 Å². The van der Waals surface area contributed by atoms with E-state index in [4.69, 9.17) is 5.73 Å². The van der Waals surface area contributed by atoms with Crippen molar-refractivity contribution in [3.63, 3.8) is 0 Å². The summed E-state index contributed by atoms with van der Waals surface area (Å²) in [5, 5.41) is 10.5. The highest BCUT2D eigenvalue weighted by Crippen LogP contribution is 2.45. The minimum Gasteiger partial charge on any atom is -0.507 e. The van der Waals surface area contributed by atoms with Gasteiger partial charge in [0.15, 0.2) is 0 Å². The Balaban J connectivity index is 1.89. The van der Waals surface area contributed by atoms with Crippen LogP contribution in [0.25, 0.3) is 22.3 Å². The predicted octanol–water partition coefficient (Wildman–Crippen LogP) is 5.85. The first-order valence-electron chi connectivity index (χ1n) is 10.8. The summed E-state index contributed by atoms with van der Waals surface area (Å²) in [7, 11) is 0. The van der Waals surface area contributed by atoms with Gasteiger partial charge in [0.1, 0.15) is 17.2 Å². The zero-order valence-electron chi connectivity index (χ0n) is 18.5. The van der Waals surface area contributed by atoms with Gasteiger partial charge in [-0.25, -0.2) is 8.78 Å². The highest BCUT2D eigenvalue weighted by Gasteiger charge is 2.35. The van der Waals surface area contributed by atoms with E-state index in [0.717, 1.165) is 6.07 Å². The van der Waals surface area contributed by atoms with E-state index in [9.17, 15) is 27.1 Å². The first-order chi connectivity index (χ1) is 16.0. The van der Waals surface area contributed by atoms with Gasteiger partial charge >= 0.3 is 6.18 Å². The summed E-state index contributed by atoms with van der Waals surface area (Å²) in [5.41, 5.74) is 5.87. The van der Waals surface area contributed by atoms with Crippen LogP contribution >= 0.6 is 0 Å². The van der Waals surface area contributed by atoms with Crippen LogP contribution in [0.4, 0.5) is 27.6 Å². The lowest BCUT2D eigenvalue weighted by molar-refractivity contribution is -0.137. The largest absolute Gasteiger partial charge is 0.507 e. The zero-order chi connectivity index (χ0) is 24.7. The number of piperidine rings is 1. The number of alkyl halides is 4. The van der Waals surface area contributed by atoms with E-state index >= 15 is 0 Å². The molecule has 4 nitrogen and oxygen atoms in total. The lowest BCUT2D eigenvalue weighted by Crippen LogP contribution is -2.46. The number of hydrogen-bond acceptors (Lipinski definition) is 4. The van der Waals surface area contributed by atoms with E-state index in [1.165, 1.54) is 30.6 Å². The molecule has 2 aromatic carbocycles. The van der Waals surface area contributed by atoms with Crippen LogP contribution < -0.4 is 10.6 Å². The predicted molar refractivity (Wildman–Crippen MR) is 121 cm³/mol. The molecule has 0 spiro atoms. The fourth-order valence-electron chi connectivity index (χ4n) is 4.37. The van der Waals surface area contributed by atoms with Crippen LogP contribution in [0.15, 0.2) is 48.8 Å². The van der Waals surface area contributed by atoms with E-state index in [2.05, 4.69) is 4.98 Å². The van der Waals surface area contributed by atoms with Crippen LogP contribution in [0.3, 0.4) is 0 Å². The monoisotopic (exact) mass is 477 g/mol. The van der Waals surface area contributed by atoms with Crippen molar-refractivity contribution in [1.82, 2.24) is 4.98 Å². The fourth-order valence-corrected chi connectivity index (χ4v) is 4.37. The molecular formula is C25H24F5N3O. The maximum absolute atomic E-state index is 14.8. The third-order valence-electron chi connectivity index (χ3n) is 6.23. The standard InChI is InChI=1S/C25H24F5N3O/c1-15-8-16(10-18(26)9-15)20-12-32-13-21(19-3-2-17(11-22(19)34)25(28,29)30)23(20)33-6-4-24(27,14-31)5-7-33/h2-3,8-13,34H,4-7,14,31H2,1H3. The molecule has 2 heterocycles. The highest BCUT2D eigenvalue weighted by molar-refractivity contribution is 5.92. The van der Waals surface area contributed by atoms with Gasteiger partial charge in [0, 0.05) is 61.6 Å². The van der Waals surface area contributed by atoms with Gasteiger partial charge < -0.3 is 15.7 Å². The second kappa shape index (κ2) is 8.87. The number of phenols is 1. The van der Waals surface area contributed by atoms with Crippen molar-refractivity contribution in [2.45, 2.75) is 31.6 Å². The third kappa shape index (κ3) is 4.70. The number of rotatable bonds is 4. The molecule has 0 aliphatic carbocycles. The maximum Gasteiger partial charge on any atom is 0.416 e. The van der Waals surface area contributed by atoms with Crippen molar-refractivity contribution >= 4 is 5.69 Å². The maximum atomic E-state index is 14.8. The van der Waals surface area contributed by atoms with Gasteiger partial charge in [0.25, 0.3) is 0 Å². The number of phenolic OH excluding ortho intramolecular Hbond substituents is 1. The number of aromatic nitrogens is 1. The summed E-state index contributed by atoms with van der Waals surface area (Å²) in [6, 6.07) is 7.21. The summed E-state index contributed by atoms with van der Waals surface area (Å²) >= 11 is 0. The Morgan fingerprint density at radius 2 is 1.71 bits per heavy atom. The number of aromatic hydroxyl groups is 1. The summed E-state index contributed by atoms with van der Waals surface area (Å²) in [6.07, 6.45) is -1.32. The zero-order valence-corrected chi connectivity index (χ0v) is 18.5. The van der Waals surface area contributed by atoms with Crippen LogP contribution in [-0.2, 0) is 6.18 Å². The van der Waals surface area contributed by atoms with Crippen molar-refractivity contribution in [3.8, 4) is 28.0 Å². The molecule has 0 radical (unpaired) electrons. The molecule has 1 aliphatic heterocycles. The molecule has 1 saturated heterocycles. The van der Waals surface area contributed by atoms with E-state index in [1.54, 1.807) is 13.0 Å². The Labute approximate surface area is 193 Å². The van der Waals surface area contributed by atoms with Gasteiger partial charge in [-0.05, 0) is 48.4 Å². The van der Waals surface area contributed by atoms with E-state index in [0.29, 0.717) is 34.0 Å². The lowest BCUT2D eigenvalue weighted by Gasteiger charge is -2.38. The summed E-state index contributed by atoms with van der Waals surface area (Å²) < 4.78 is 68.4. The van der Waals surface area contributed by atoms with Gasteiger partial charge in [0.2, 0.25) is 0 Å². The molecule has 0 bridgehead atoms. The molecule has 0 unspecified atom stereocenters. The molecule has 180 valence electrons. The normalized spacial score (nSPS) is 16.0. The molecule has 0 saturated carbocycles. The number of anilines is 1. The Bertz CT molecular complexity index is 1180.